The maximum atomic E-state index is 11.9. The summed E-state index contributed by atoms with van der Waals surface area (Å²) in [5.74, 6) is 0.363. The first-order valence-corrected chi connectivity index (χ1v) is 6.35. The van der Waals surface area contributed by atoms with Gasteiger partial charge in [-0.3, -0.25) is 0 Å². The van der Waals surface area contributed by atoms with E-state index in [2.05, 4.69) is 0 Å². The van der Waals surface area contributed by atoms with Crippen LogP contribution in [0.2, 0.25) is 0 Å². The fourth-order valence-electron chi connectivity index (χ4n) is 2.06. The number of rotatable bonds is 2. The highest BCUT2D eigenvalue weighted by molar-refractivity contribution is 5.68. The van der Waals surface area contributed by atoms with Crippen LogP contribution in [0.1, 0.15) is 25.0 Å². The first-order chi connectivity index (χ1) is 8.56. The summed E-state index contributed by atoms with van der Waals surface area (Å²) in [6, 6.07) is 5.89. The molecule has 1 aromatic rings. The quantitative estimate of drug-likeness (QED) is 0.818. The highest BCUT2D eigenvalue weighted by atomic mass is 16.6. The van der Waals surface area contributed by atoms with Gasteiger partial charge >= 0.3 is 6.09 Å². The lowest BCUT2D eigenvalue weighted by Gasteiger charge is -2.28. The number of carbonyl (C=O) groups excluding carboxylic acids is 1. The van der Waals surface area contributed by atoms with Crippen molar-refractivity contribution in [1.29, 1.82) is 0 Å². The number of nitrogen functional groups attached to an aromatic ring is 1. The highest BCUT2D eigenvalue weighted by Gasteiger charge is 2.21. The van der Waals surface area contributed by atoms with E-state index in [1.54, 1.807) is 4.90 Å². The molecule has 18 heavy (non-hydrogen) atoms. The topological polar surface area (TPSA) is 55.6 Å². The number of anilines is 1. The third-order valence-corrected chi connectivity index (χ3v) is 3.04. The monoisotopic (exact) mass is 248 g/mol. The van der Waals surface area contributed by atoms with Crippen molar-refractivity contribution in [2.75, 3.05) is 18.9 Å². The number of hydrogen-bond donors (Lipinski definition) is 1. The molecule has 0 aromatic heterocycles. The van der Waals surface area contributed by atoms with Gasteiger partial charge in [0.1, 0.15) is 0 Å². The zero-order chi connectivity index (χ0) is 13.1. The Hall–Kier alpha value is -1.71. The minimum atomic E-state index is -0.225. The standard InChI is InChI=1S/C14H20N2O2/c1-10(2)9-18-14(17)16-6-5-11-3-4-13(15)7-12(11)8-16/h3-4,7,10H,5-6,8-9,15H2,1-2H3. The Morgan fingerprint density at radius 1 is 1.44 bits per heavy atom. The van der Waals surface area contributed by atoms with Gasteiger partial charge in [0.25, 0.3) is 0 Å². The number of benzene rings is 1. The summed E-state index contributed by atoms with van der Waals surface area (Å²) in [5.41, 5.74) is 8.91. The molecule has 0 unspecified atom stereocenters. The summed E-state index contributed by atoms with van der Waals surface area (Å²) in [6.45, 7) is 5.84. The van der Waals surface area contributed by atoms with E-state index in [9.17, 15) is 4.79 Å². The molecule has 0 bridgehead atoms. The number of nitrogens with two attached hydrogens (primary N) is 1. The average molecular weight is 248 g/mol. The molecule has 4 nitrogen and oxygen atoms in total. The molecule has 0 saturated heterocycles. The smallest absolute Gasteiger partial charge is 0.410 e. The summed E-state index contributed by atoms with van der Waals surface area (Å²) in [5, 5.41) is 0. The van der Waals surface area contributed by atoms with Crippen LogP contribution in [0.3, 0.4) is 0 Å². The fraction of sp³-hybridized carbons (Fsp3) is 0.500. The van der Waals surface area contributed by atoms with Gasteiger partial charge in [-0.05, 0) is 35.6 Å². The van der Waals surface area contributed by atoms with Crippen LogP contribution >= 0.6 is 0 Å². The van der Waals surface area contributed by atoms with Crippen molar-refractivity contribution >= 4 is 11.8 Å². The van der Waals surface area contributed by atoms with Gasteiger partial charge < -0.3 is 15.4 Å². The van der Waals surface area contributed by atoms with Crippen LogP contribution < -0.4 is 5.73 Å². The van der Waals surface area contributed by atoms with Gasteiger partial charge in [-0.2, -0.15) is 0 Å². The molecule has 1 heterocycles. The van der Waals surface area contributed by atoms with E-state index in [0.717, 1.165) is 17.7 Å². The van der Waals surface area contributed by atoms with Crippen molar-refractivity contribution < 1.29 is 9.53 Å². The predicted molar refractivity (Wildman–Crippen MR) is 71.2 cm³/mol. The Bertz CT molecular complexity index is 443. The lowest BCUT2D eigenvalue weighted by atomic mass is 9.99. The molecule has 98 valence electrons. The van der Waals surface area contributed by atoms with Gasteiger partial charge in [0.2, 0.25) is 0 Å². The summed E-state index contributed by atoms with van der Waals surface area (Å²) in [4.78, 5) is 13.6. The van der Waals surface area contributed by atoms with E-state index >= 15 is 0 Å². The molecule has 0 radical (unpaired) electrons. The molecule has 1 aliphatic rings. The Balaban J connectivity index is 2.00. The normalized spacial score (nSPS) is 14.5. The van der Waals surface area contributed by atoms with Crippen LogP contribution in [0.15, 0.2) is 18.2 Å². The molecule has 2 N–H and O–H groups in total. The third kappa shape index (κ3) is 2.94. The SMILES string of the molecule is CC(C)COC(=O)N1CCc2ccc(N)cc2C1. The zero-order valence-corrected chi connectivity index (χ0v) is 11.0. The zero-order valence-electron chi connectivity index (χ0n) is 11.0. The molecule has 1 aromatic carbocycles. The van der Waals surface area contributed by atoms with Gasteiger partial charge in [0.15, 0.2) is 0 Å². The molecule has 0 atom stereocenters. The van der Waals surface area contributed by atoms with Gasteiger partial charge in [-0.15, -0.1) is 0 Å². The van der Waals surface area contributed by atoms with E-state index in [1.807, 2.05) is 32.0 Å². The Labute approximate surface area is 108 Å². The molecule has 1 aliphatic heterocycles. The number of ether oxygens (including phenoxy) is 1. The van der Waals surface area contributed by atoms with Crippen LogP contribution in [-0.2, 0) is 17.7 Å². The van der Waals surface area contributed by atoms with E-state index in [1.165, 1.54) is 5.56 Å². The van der Waals surface area contributed by atoms with Crippen LogP contribution in [-0.4, -0.2) is 24.1 Å². The maximum Gasteiger partial charge on any atom is 0.410 e. The van der Waals surface area contributed by atoms with Crippen molar-refractivity contribution in [3.05, 3.63) is 29.3 Å². The lowest BCUT2D eigenvalue weighted by Crippen LogP contribution is -2.36. The van der Waals surface area contributed by atoms with Crippen LogP contribution in [0.5, 0.6) is 0 Å². The average Bonchev–Trinajstić information content (AvgIpc) is 2.34. The van der Waals surface area contributed by atoms with E-state index in [4.69, 9.17) is 10.5 Å². The summed E-state index contributed by atoms with van der Waals surface area (Å²) in [6.07, 6.45) is 0.642. The fourth-order valence-corrected chi connectivity index (χ4v) is 2.06. The predicted octanol–water partition coefficient (Wildman–Crippen LogP) is 2.42. The second-order valence-electron chi connectivity index (χ2n) is 5.17. The first kappa shape index (κ1) is 12.7. The summed E-state index contributed by atoms with van der Waals surface area (Å²) < 4.78 is 5.24. The molecule has 0 spiro atoms. The number of fused-ring (bicyclic) bond motifs is 1. The Morgan fingerprint density at radius 3 is 2.94 bits per heavy atom. The molecule has 0 fully saturated rings. The van der Waals surface area contributed by atoms with Crippen molar-refractivity contribution in [2.24, 2.45) is 5.92 Å². The number of carbonyl (C=O) groups is 1. The second kappa shape index (κ2) is 5.29. The molecular formula is C14H20N2O2. The van der Waals surface area contributed by atoms with Gasteiger partial charge in [0, 0.05) is 18.8 Å². The summed E-state index contributed by atoms with van der Waals surface area (Å²) >= 11 is 0. The highest BCUT2D eigenvalue weighted by Crippen LogP contribution is 2.21. The number of hydrogen-bond acceptors (Lipinski definition) is 3. The van der Waals surface area contributed by atoms with Crippen molar-refractivity contribution in [3.63, 3.8) is 0 Å². The van der Waals surface area contributed by atoms with Crippen molar-refractivity contribution in [1.82, 2.24) is 4.90 Å². The molecular weight excluding hydrogens is 228 g/mol. The van der Waals surface area contributed by atoms with Gasteiger partial charge in [0.05, 0.1) is 6.61 Å². The number of amides is 1. The molecule has 0 aliphatic carbocycles. The third-order valence-electron chi connectivity index (χ3n) is 3.04. The lowest BCUT2D eigenvalue weighted by molar-refractivity contribution is 0.0879. The Morgan fingerprint density at radius 2 is 2.22 bits per heavy atom. The van der Waals surface area contributed by atoms with Crippen molar-refractivity contribution in [2.45, 2.75) is 26.8 Å². The largest absolute Gasteiger partial charge is 0.449 e. The minimum Gasteiger partial charge on any atom is -0.449 e. The van der Waals surface area contributed by atoms with Crippen LogP contribution in [0.25, 0.3) is 0 Å². The molecule has 0 saturated carbocycles. The minimum absolute atomic E-state index is 0.225. The number of nitrogens with zero attached hydrogens (tertiary/aromatic N) is 1. The first-order valence-electron chi connectivity index (χ1n) is 6.35. The molecule has 4 heteroatoms. The van der Waals surface area contributed by atoms with Crippen molar-refractivity contribution in [3.8, 4) is 0 Å². The molecule has 1 amide bonds. The second-order valence-corrected chi connectivity index (χ2v) is 5.17. The van der Waals surface area contributed by atoms with E-state index in [0.29, 0.717) is 25.6 Å². The summed E-state index contributed by atoms with van der Waals surface area (Å²) in [7, 11) is 0. The Kier molecular flexibility index (Phi) is 3.75. The van der Waals surface area contributed by atoms with Crippen LogP contribution in [0.4, 0.5) is 10.5 Å². The van der Waals surface area contributed by atoms with Crippen LogP contribution in [0, 0.1) is 5.92 Å². The maximum absolute atomic E-state index is 11.9. The van der Waals surface area contributed by atoms with Gasteiger partial charge in [-0.1, -0.05) is 19.9 Å². The van der Waals surface area contributed by atoms with E-state index < -0.39 is 0 Å². The molecule has 2 rings (SSSR count). The van der Waals surface area contributed by atoms with E-state index in [-0.39, 0.29) is 6.09 Å². The van der Waals surface area contributed by atoms with Gasteiger partial charge in [-0.25, -0.2) is 4.79 Å².